The Morgan fingerprint density at radius 2 is 1.90 bits per heavy atom. The van der Waals surface area contributed by atoms with Crippen LogP contribution in [0.4, 0.5) is 0 Å². The fourth-order valence-electron chi connectivity index (χ4n) is 4.17. The van der Waals surface area contributed by atoms with Crippen molar-refractivity contribution in [2.75, 3.05) is 6.54 Å². The van der Waals surface area contributed by atoms with Gasteiger partial charge in [0, 0.05) is 11.5 Å². The van der Waals surface area contributed by atoms with Gasteiger partial charge in [0.15, 0.2) is 0 Å². The van der Waals surface area contributed by atoms with Crippen molar-refractivity contribution < 1.29 is 4.74 Å². The summed E-state index contributed by atoms with van der Waals surface area (Å²) >= 11 is 0. The van der Waals surface area contributed by atoms with Gasteiger partial charge in [0.1, 0.15) is 0 Å². The second-order valence-corrected chi connectivity index (χ2v) is 6.43. The molecule has 2 heteroatoms. The maximum atomic E-state index is 6.29. The smallest absolute Gasteiger partial charge is 0.0720 e. The molecule has 20 heavy (non-hydrogen) atoms. The molecule has 2 unspecified atom stereocenters. The van der Waals surface area contributed by atoms with Crippen LogP contribution >= 0.6 is 0 Å². The van der Waals surface area contributed by atoms with E-state index in [1.165, 1.54) is 44.1 Å². The van der Waals surface area contributed by atoms with Crippen LogP contribution < -0.4 is 5.32 Å². The van der Waals surface area contributed by atoms with Gasteiger partial charge >= 0.3 is 0 Å². The van der Waals surface area contributed by atoms with Crippen molar-refractivity contribution >= 4 is 0 Å². The van der Waals surface area contributed by atoms with Crippen LogP contribution in [0.5, 0.6) is 0 Å². The Labute approximate surface area is 122 Å². The van der Waals surface area contributed by atoms with Crippen LogP contribution in [-0.2, 0) is 11.3 Å². The first-order chi connectivity index (χ1) is 9.85. The molecule has 2 fully saturated rings. The predicted octanol–water partition coefficient (Wildman–Crippen LogP) is 3.90. The standard InChI is InChI=1S/C18H27NO/c1-2-19-16-13-17(18(16)11-7-4-8-12-18)20-14-15-9-5-3-6-10-15/h3,5-6,9-10,16-17,19H,2,4,7-8,11-14H2,1H3. The Morgan fingerprint density at radius 3 is 2.60 bits per heavy atom. The minimum Gasteiger partial charge on any atom is -0.373 e. The predicted molar refractivity (Wildman–Crippen MR) is 82.6 cm³/mol. The fraction of sp³-hybridized carbons (Fsp3) is 0.667. The van der Waals surface area contributed by atoms with Crippen LogP contribution in [-0.4, -0.2) is 18.7 Å². The van der Waals surface area contributed by atoms with E-state index in [4.69, 9.17) is 4.74 Å². The van der Waals surface area contributed by atoms with Crippen LogP contribution in [0.3, 0.4) is 0 Å². The lowest BCUT2D eigenvalue weighted by Crippen LogP contribution is -2.64. The zero-order valence-electron chi connectivity index (χ0n) is 12.6. The van der Waals surface area contributed by atoms with Gasteiger partial charge in [-0.3, -0.25) is 0 Å². The van der Waals surface area contributed by atoms with Crippen molar-refractivity contribution in [1.29, 1.82) is 0 Å². The Bertz CT molecular complexity index is 411. The van der Waals surface area contributed by atoms with E-state index in [1.54, 1.807) is 0 Å². The molecule has 2 nitrogen and oxygen atoms in total. The molecule has 2 saturated carbocycles. The highest BCUT2D eigenvalue weighted by Gasteiger charge is 2.55. The summed E-state index contributed by atoms with van der Waals surface area (Å²) < 4.78 is 6.29. The van der Waals surface area contributed by atoms with Crippen LogP contribution in [0.2, 0.25) is 0 Å². The SMILES string of the molecule is CCNC1CC(OCc2ccccc2)C12CCCCC2. The molecule has 1 aromatic rings. The lowest BCUT2D eigenvalue weighted by molar-refractivity contribution is -0.158. The van der Waals surface area contributed by atoms with Gasteiger partial charge in [-0.25, -0.2) is 0 Å². The van der Waals surface area contributed by atoms with E-state index in [0.29, 0.717) is 17.6 Å². The van der Waals surface area contributed by atoms with E-state index in [-0.39, 0.29) is 0 Å². The molecule has 1 aromatic carbocycles. The minimum atomic E-state index is 0.434. The second kappa shape index (κ2) is 6.28. The number of benzene rings is 1. The van der Waals surface area contributed by atoms with E-state index in [2.05, 4.69) is 42.6 Å². The number of nitrogens with one attached hydrogen (secondary N) is 1. The molecular weight excluding hydrogens is 246 g/mol. The highest BCUT2D eigenvalue weighted by atomic mass is 16.5. The summed E-state index contributed by atoms with van der Waals surface area (Å²) in [6.07, 6.45) is 8.54. The zero-order valence-corrected chi connectivity index (χ0v) is 12.6. The highest BCUT2D eigenvalue weighted by Crippen LogP contribution is 2.53. The number of hydrogen-bond donors (Lipinski definition) is 1. The van der Waals surface area contributed by atoms with E-state index >= 15 is 0 Å². The lowest BCUT2D eigenvalue weighted by Gasteiger charge is -2.58. The van der Waals surface area contributed by atoms with E-state index < -0.39 is 0 Å². The Morgan fingerprint density at radius 1 is 1.15 bits per heavy atom. The zero-order chi connectivity index (χ0) is 13.8. The molecule has 2 aliphatic rings. The van der Waals surface area contributed by atoms with Crippen LogP contribution in [0, 0.1) is 5.41 Å². The summed E-state index contributed by atoms with van der Waals surface area (Å²) in [6, 6.07) is 11.3. The number of rotatable bonds is 5. The summed E-state index contributed by atoms with van der Waals surface area (Å²) in [4.78, 5) is 0. The van der Waals surface area contributed by atoms with Crippen molar-refractivity contribution in [3.05, 3.63) is 35.9 Å². The Hall–Kier alpha value is -0.860. The first-order valence-corrected chi connectivity index (χ1v) is 8.24. The third-order valence-electron chi connectivity index (χ3n) is 5.31. The number of ether oxygens (including phenoxy) is 1. The largest absolute Gasteiger partial charge is 0.373 e. The lowest BCUT2D eigenvalue weighted by atomic mass is 9.55. The molecule has 0 saturated heterocycles. The van der Waals surface area contributed by atoms with Gasteiger partial charge in [-0.05, 0) is 31.4 Å². The van der Waals surface area contributed by atoms with Gasteiger partial charge in [0.25, 0.3) is 0 Å². The Kier molecular flexibility index (Phi) is 4.42. The Balaban J connectivity index is 1.61. The van der Waals surface area contributed by atoms with Gasteiger partial charge in [0.2, 0.25) is 0 Å². The van der Waals surface area contributed by atoms with Crippen LogP contribution in [0.25, 0.3) is 0 Å². The topological polar surface area (TPSA) is 21.3 Å². The molecule has 0 amide bonds. The summed E-state index contributed by atoms with van der Waals surface area (Å²) in [5, 5.41) is 3.69. The summed E-state index contributed by atoms with van der Waals surface area (Å²) in [5.41, 5.74) is 1.73. The first kappa shape index (κ1) is 14.1. The van der Waals surface area contributed by atoms with Gasteiger partial charge in [-0.1, -0.05) is 56.5 Å². The molecular formula is C18H27NO. The van der Waals surface area contributed by atoms with Crippen molar-refractivity contribution in [1.82, 2.24) is 5.32 Å². The monoisotopic (exact) mass is 273 g/mol. The first-order valence-electron chi connectivity index (χ1n) is 8.24. The molecule has 2 atom stereocenters. The van der Waals surface area contributed by atoms with E-state index in [0.717, 1.165) is 13.2 Å². The van der Waals surface area contributed by atoms with Crippen molar-refractivity contribution in [2.45, 2.75) is 64.2 Å². The second-order valence-electron chi connectivity index (χ2n) is 6.43. The van der Waals surface area contributed by atoms with Crippen LogP contribution in [0.1, 0.15) is 51.0 Å². The molecule has 3 rings (SSSR count). The van der Waals surface area contributed by atoms with Crippen LogP contribution in [0.15, 0.2) is 30.3 Å². The minimum absolute atomic E-state index is 0.434. The van der Waals surface area contributed by atoms with Gasteiger partial charge in [-0.2, -0.15) is 0 Å². The molecule has 0 aliphatic heterocycles. The summed E-state index contributed by atoms with van der Waals surface area (Å²) in [7, 11) is 0. The van der Waals surface area contributed by atoms with Gasteiger partial charge < -0.3 is 10.1 Å². The molecule has 0 heterocycles. The summed E-state index contributed by atoms with van der Waals surface area (Å²) in [5.74, 6) is 0. The van der Waals surface area contributed by atoms with Gasteiger partial charge in [-0.15, -0.1) is 0 Å². The molecule has 0 aromatic heterocycles. The van der Waals surface area contributed by atoms with Gasteiger partial charge in [0.05, 0.1) is 12.7 Å². The van der Waals surface area contributed by atoms with E-state index in [1.807, 2.05) is 0 Å². The van der Waals surface area contributed by atoms with E-state index in [9.17, 15) is 0 Å². The molecule has 0 bridgehead atoms. The quantitative estimate of drug-likeness (QED) is 0.878. The molecule has 1 N–H and O–H groups in total. The maximum Gasteiger partial charge on any atom is 0.0720 e. The normalized spacial score (nSPS) is 28.2. The third kappa shape index (κ3) is 2.64. The van der Waals surface area contributed by atoms with Crippen molar-refractivity contribution in [3.63, 3.8) is 0 Å². The van der Waals surface area contributed by atoms with Crippen molar-refractivity contribution in [3.8, 4) is 0 Å². The summed E-state index contributed by atoms with van der Waals surface area (Å²) in [6.45, 7) is 4.07. The third-order valence-corrected chi connectivity index (χ3v) is 5.31. The molecule has 1 spiro atoms. The molecule has 110 valence electrons. The number of hydrogen-bond acceptors (Lipinski definition) is 2. The molecule has 2 aliphatic carbocycles. The average molecular weight is 273 g/mol. The van der Waals surface area contributed by atoms with Crippen molar-refractivity contribution in [2.24, 2.45) is 5.41 Å². The average Bonchev–Trinajstić information content (AvgIpc) is 2.52. The molecule has 0 radical (unpaired) electrons. The highest BCUT2D eigenvalue weighted by molar-refractivity contribution is 5.14. The maximum absolute atomic E-state index is 6.29. The fourth-order valence-corrected chi connectivity index (χ4v) is 4.17.